The van der Waals surface area contributed by atoms with Crippen molar-refractivity contribution in [1.82, 2.24) is 9.21 Å². The minimum atomic E-state index is -3.57. The van der Waals surface area contributed by atoms with Gasteiger partial charge in [-0.3, -0.25) is 9.59 Å². The molecule has 33 heavy (non-hydrogen) atoms. The van der Waals surface area contributed by atoms with Crippen molar-refractivity contribution in [3.63, 3.8) is 0 Å². The van der Waals surface area contributed by atoms with E-state index in [9.17, 15) is 18.0 Å². The van der Waals surface area contributed by atoms with Gasteiger partial charge in [-0.25, -0.2) is 8.42 Å². The number of anilines is 1. The number of carbonyl (C=O) groups is 2. The maximum atomic E-state index is 12.9. The summed E-state index contributed by atoms with van der Waals surface area (Å²) in [5.41, 5.74) is 4.15. The highest BCUT2D eigenvalue weighted by atomic mass is 32.2. The highest BCUT2D eigenvalue weighted by Gasteiger charge is 2.25. The number of carbonyl (C=O) groups excluding carboxylic acids is 2. The molecule has 1 saturated heterocycles. The molecular formula is C25H33N3O4S. The number of likely N-dealkylation sites (N-methyl/N-ethyl adjacent to an activating group) is 1. The molecule has 2 aromatic rings. The van der Waals surface area contributed by atoms with E-state index in [1.807, 2.05) is 32.9 Å². The maximum absolute atomic E-state index is 12.9. The van der Waals surface area contributed by atoms with E-state index in [-0.39, 0.29) is 23.3 Å². The first-order valence-corrected chi connectivity index (χ1v) is 12.8. The summed E-state index contributed by atoms with van der Waals surface area (Å²) in [6.07, 6.45) is 3.82. The van der Waals surface area contributed by atoms with Crippen LogP contribution >= 0.6 is 0 Å². The molecule has 1 aliphatic heterocycles. The predicted molar refractivity (Wildman–Crippen MR) is 130 cm³/mol. The van der Waals surface area contributed by atoms with Crippen molar-refractivity contribution >= 4 is 27.5 Å². The van der Waals surface area contributed by atoms with Gasteiger partial charge in [0.15, 0.2) is 0 Å². The summed E-state index contributed by atoms with van der Waals surface area (Å²) in [5.74, 6) is -0.637. The number of nitrogens with zero attached hydrogens (tertiary/aromatic N) is 2. The fourth-order valence-corrected chi connectivity index (χ4v) is 5.78. The Kier molecular flexibility index (Phi) is 7.92. The molecule has 2 aromatic carbocycles. The van der Waals surface area contributed by atoms with Gasteiger partial charge < -0.3 is 10.2 Å². The fraction of sp³-hybridized carbons (Fsp3) is 0.440. The van der Waals surface area contributed by atoms with Crippen LogP contribution in [-0.2, 0) is 14.8 Å². The first-order valence-electron chi connectivity index (χ1n) is 11.3. The van der Waals surface area contributed by atoms with Gasteiger partial charge >= 0.3 is 0 Å². The van der Waals surface area contributed by atoms with Crippen LogP contribution in [0.15, 0.2) is 41.3 Å². The van der Waals surface area contributed by atoms with Crippen molar-refractivity contribution in [2.24, 2.45) is 0 Å². The van der Waals surface area contributed by atoms with Crippen molar-refractivity contribution in [1.29, 1.82) is 0 Å². The van der Waals surface area contributed by atoms with Crippen LogP contribution < -0.4 is 5.32 Å². The van der Waals surface area contributed by atoms with Crippen molar-refractivity contribution in [2.75, 3.05) is 32.0 Å². The molecule has 0 saturated carbocycles. The molecule has 0 aliphatic carbocycles. The van der Waals surface area contributed by atoms with Crippen LogP contribution in [0, 0.1) is 20.8 Å². The molecule has 1 fully saturated rings. The second kappa shape index (κ2) is 10.5. The standard InChI is InChI=1S/C25H33N3O4S/c1-18-15-19(2)24(20(3)16-18)26-23(29)17-27(4)25(30)21-9-11-22(12-10-21)33(31,32)28-13-7-5-6-8-14-28/h9-12,15-16H,5-8,13-14,17H2,1-4H3,(H,26,29). The summed E-state index contributed by atoms with van der Waals surface area (Å²) in [6.45, 7) is 6.82. The summed E-state index contributed by atoms with van der Waals surface area (Å²) >= 11 is 0. The lowest BCUT2D eigenvalue weighted by Gasteiger charge is -2.21. The first kappa shape index (κ1) is 24.9. The SMILES string of the molecule is Cc1cc(C)c(NC(=O)CN(C)C(=O)c2ccc(S(=O)(=O)N3CCCCCC3)cc2)c(C)c1. The lowest BCUT2D eigenvalue weighted by Crippen LogP contribution is -2.35. The van der Waals surface area contributed by atoms with E-state index in [4.69, 9.17) is 0 Å². The van der Waals surface area contributed by atoms with Gasteiger partial charge in [0.25, 0.3) is 5.91 Å². The van der Waals surface area contributed by atoms with Crippen LogP contribution in [-0.4, -0.2) is 56.1 Å². The van der Waals surface area contributed by atoms with Gasteiger partial charge in [0.05, 0.1) is 11.4 Å². The highest BCUT2D eigenvalue weighted by Crippen LogP contribution is 2.23. The summed E-state index contributed by atoms with van der Waals surface area (Å²) in [6, 6.07) is 9.96. The number of sulfonamides is 1. The van der Waals surface area contributed by atoms with Gasteiger partial charge in [-0.1, -0.05) is 30.5 Å². The molecule has 2 amide bonds. The number of rotatable bonds is 6. The number of aryl methyl sites for hydroxylation is 3. The monoisotopic (exact) mass is 471 g/mol. The van der Waals surface area contributed by atoms with E-state index >= 15 is 0 Å². The second-order valence-corrected chi connectivity index (χ2v) is 10.8. The Bertz CT molecular complexity index is 1100. The van der Waals surface area contributed by atoms with E-state index < -0.39 is 10.0 Å². The Labute approximate surface area is 196 Å². The molecule has 8 heteroatoms. The normalized spacial score (nSPS) is 15.0. The van der Waals surface area contributed by atoms with Crippen molar-refractivity contribution in [2.45, 2.75) is 51.3 Å². The van der Waals surface area contributed by atoms with Gasteiger partial charge in [0, 0.05) is 31.4 Å². The summed E-state index contributed by atoms with van der Waals surface area (Å²) in [7, 11) is -2.01. The topological polar surface area (TPSA) is 86.8 Å². The maximum Gasteiger partial charge on any atom is 0.254 e. The quantitative estimate of drug-likeness (QED) is 0.693. The number of amides is 2. The molecule has 0 unspecified atom stereocenters. The van der Waals surface area contributed by atoms with Crippen LogP contribution in [0.3, 0.4) is 0 Å². The van der Waals surface area contributed by atoms with Gasteiger partial charge in [-0.05, 0) is 69.0 Å². The Balaban J connectivity index is 1.65. The first-order chi connectivity index (χ1) is 15.6. The van der Waals surface area contributed by atoms with Crippen LogP contribution in [0.2, 0.25) is 0 Å². The third-order valence-corrected chi connectivity index (χ3v) is 7.89. The van der Waals surface area contributed by atoms with E-state index in [0.29, 0.717) is 18.7 Å². The molecule has 0 bridgehead atoms. The Hall–Kier alpha value is -2.71. The van der Waals surface area contributed by atoms with Crippen molar-refractivity contribution in [3.8, 4) is 0 Å². The van der Waals surface area contributed by atoms with Crippen molar-refractivity contribution in [3.05, 3.63) is 58.7 Å². The molecule has 0 aromatic heterocycles. The third-order valence-electron chi connectivity index (χ3n) is 5.97. The second-order valence-electron chi connectivity index (χ2n) is 8.83. The van der Waals surface area contributed by atoms with Gasteiger partial charge in [-0.2, -0.15) is 4.31 Å². The number of hydrogen-bond donors (Lipinski definition) is 1. The zero-order valence-corrected chi connectivity index (χ0v) is 20.7. The Morgan fingerprint density at radius 1 is 0.939 bits per heavy atom. The molecule has 7 nitrogen and oxygen atoms in total. The Morgan fingerprint density at radius 2 is 1.48 bits per heavy atom. The average molecular weight is 472 g/mol. The fourth-order valence-electron chi connectivity index (χ4n) is 4.26. The largest absolute Gasteiger partial charge is 0.332 e. The van der Waals surface area contributed by atoms with Crippen LogP contribution in [0.4, 0.5) is 5.69 Å². The molecular weight excluding hydrogens is 438 g/mol. The molecule has 1 heterocycles. The number of benzene rings is 2. The summed E-state index contributed by atoms with van der Waals surface area (Å²) in [5, 5.41) is 2.90. The van der Waals surface area contributed by atoms with Crippen molar-refractivity contribution < 1.29 is 18.0 Å². The summed E-state index contributed by atoms with van der Waals surface area (Å²) in [4.78, 5) is 26.9. The van der Waals surface area contributed by atoms with Crippen LogP contribution in [0.1, 0.15) is 52.7 Å². The van der Waals surface area contributed by atoms with E-state index in [1.54, 1.807) is 7.05 Å². The zero-order chi connectivity index (χ0) is 24.2. The average Bonchev–Trinajstić information content (AvgIpc) is 3.06. The summed E-state index contributed by atoms with van der Waals surface area (Å²) < 4.78 is 27.4. The minimum absolute atomic E-state index is 0.112. The third kappa shape index (κ3) is 6.00. The lowest BCUT2D eigenvalue weighted by atomic mass is 10.1. The molecule has 1 N–H and O–H groups in total. The van der Waals surface area contributed by atoms with Gasteiger partial charge in [0.1, 0.15) is 0 Å². The highest BCUT2D eigenvalue weighted by molar-refractivity contribution is 7.89. The minimum Gasteiger partial charge on any atom is -0.332 e. The molecule has 0 atom stereocenters. The van der Waals surface area contributed by atoms with Crippen LogP contribution in [0.5, 0.6) is 0 Å². The lowest BCUT2D eigenvalue weighted by molar-refractivity contribution is -0.116. The molecule has 3 rings (SSSR count). The molecule has 1 aliphatic rings. The molecule has 178 valence electrons. The van der Waals surface area contributed by atoms with Crippen LogP contribution in [0.25, 0.3) is 0 Å². The van der Waals surface area contributed by atoms with E-state index in [2.05, 4.69) is 5.32 Å². The number of nitrogens with one attached hydrogen (secondary N) is 1. The van der Waals surface area contributed by atoms with Gasteiger partial charge in [0.2, 0.25) is 15.9 Å². The number of hydrogen-bond acceptors (Lipinski definition) is 4. The molecule has 0 spiro atoms. The smallest absolute Gasteiger partial charge is 0.254 e. The predicted octanol–water partition coefficient (Wildman–Crippen LogP) is 3.89. The van der Waals surface area contributed by atoms with Gasteiger partial charge in [-0.15, -0.1) is 0 Å². The van der Waals surface area contributed by atoms with E-state index in [1.165, 1.54) is 33.5 Å². The van der Waals surface area contributed by atoms with E-state index in [0.717, 1.165) is 48.1 Å². The molecule has 0 radical (unpaired) electrons. The Morgan fingerprint density at radius 3 is 2.03 bits per heavy atom. The zero-order valence-electron chi connectivity index (χ0n) is 19.8.